The predicted octanol–water partition coefficient (Wildman–Crippen LogP) is 3.59. The second kappa shape index (κ2) is 6.78. The van der Waals surface area contributed by atoms with Crippen LogP contribution in [-0.2, 0) is 13.0 Å². The van der Waals surface area contributed by atoms with Crippen LogP contribution in [0.1, 0.15) is 21.5 Å². The lowest BCUT2D eigenvalue weighted by atomic mass is 9.97. The molecule has 2 aromatic rings. The first-order valence-electron chi connectivity index (χ1n) is 8.27. The topological polar surface area (TPSA) is 67.1 Å². The maximum absolute atomic E-state index is 12.4. The number of fused-ring (bicyclic) bond motifs is 1. The van der Waals surface area contributed by atoms with E-state index in [2.05, 4.69) is 34.3 Å². The van der Waals surface area contributed by atoms with Crippen LogP contribution in [0.3, 0.4) is 0 Å². The van der Waals surface area contributed by atoms with Crippen molar-refractivity contribution in [3.05, 3.63) is 87.4 Å². The van der Waals surface area contributed by atoms with Crippen LogP contribution in [0.25, 0.3) is 0 Å². The van der Waals surface area contributed by atoms with Gasteiger partial charge in [0.25, 0.3) is 5.91 Å². The number of nitrogens with two attached hydrogens (primary N) is 1. The summed E-state index contributed by atoms with van der Waals surface area (Å²) in [5, 5.41) is 8.47. The largest absolute Gasteiger partial charge is 0.340 e. The molecule has 4 N–H and O–H groups in total. The maximum Gasteiger partial charge on any atom is 0.258 e. The average molecular weight is 349 g/mol. The van der Waals surface area contributed by atoms with Crippen molar-refractivity contribution in [2.45, 2.75) is 13.0 Å². The molecule has 1 amide bonds. The van der Waals surface area contributed by atoms with Crippen molar-refractivity contribution in [1.29, 1.82) is 0 Å². The first-order valence-corrected chi connectivity index (χ1v) is 9.15. The summed E-state index contributed by atoms with van der Waals surface area (Å²) in [5.41, 5.74) is 9.66. The molecule has 0 bridgehead atoms. The summed E-state index contributed by atoms with van der Waals surface area (Å²) >= 11 is 1.66. The zero-order valence-electron chi connectivity index (χ0n) is 13.7. The van der Waals surface area contributed by atoms with Crippen molar-refractivity contribution in [1.82, 2.24) is 5.32 Å². The van der Waals surface area contributed by atoms with Crippen molar-refractivity contribution in [2.24, 2.45) is 11.7 Å². The van der Waals surface area contributed by atoms with Gasteiger partial charge in [0.15, 0.2) is 0 Å². The van der Waals surface area contributed by atoms with E-state index in [1.54, 1.807) is 11.8 Å². The van der Waals surface area contributed by atoms with Gasteiger partial charge in [-0.1, -0.05) is 54.2 Å². The minimum Gasteiger partial charge on any atom is -0.340 e. The van der Waals surface area contributed by atoms with E-state index in [9.17, 15) is 4.79 Å². The number of carbonyl (C=O) groups excluding carboxylic acids is 1. The fourth-order valence-electron chi connectivity index (χ4n) is 3.18. The lowest BCUT2D eigenvalue weighted by molar-refractivity contribution is 0.0963. The van der Waals surface area contributed by atoms with Gasteiger partial charge < -0.3 is 16.4 Å². The van der Waals surface area contributed by atoms with E-state index >= 15 is 0 Å². The zero-order chi connectivity index (χ0) is 17.2. The summed E-state index contributed by atoms with van der Waals surface area (Å²) in [6, 6.07) is 15.9. The van der Waals surface area contributed by atoms with Gasteiger partial charge in [-0.15, -0.1) is 0 Å². The van der Waals surface area contributed by atoms with Gasteiger partial charge in [0.2, 0.25) is 0 Å². The molecule has 5 heteroatoms. The Morgan fingerprint density at radius 3 is 2.76 bits per heavy atom. The molecule has 0 radical (unpaired) electrons. The second-order valence-electron chi connectivity index (χ2n) is 6.15. The number of anilines is 1. The zero-order valence-corrected chi connectivity index (χ0v) is 14.5. The van der Waals surface area contributed by atoms with Crippen LogP contribution in [0.5, 0.6) is 0 Å². The lowest BCUT2D eigenvalue weighted by Gasteiger charge is -2.24. The molecule has 0 fully saturated rings. The molecule has 126 valence electrons. The molecule has 2 aliphatic heterocycles. The minimum absolute atomic E-state index is 0.0618. The van der Waals surface area contributed by atoms with Crippen molar-refractivity contribution in [3.8, 4) is 0 Å². The molecule has 1 atom stereocenters. The van der Waals surface area contributed by atoms with Crippen LogP contribution < -0.4 is 16.4 Å². The van der Waals surface area contributed by atoms with Crippen LogP contribution >= 0.6 is 11.8 Å². The van der Waals surface area contributed by atoms with Gasteiger partial charge in [0.1, 0.15) is 5.82 Å². The number of hydrogen-bond donors (Lipinski definition) is 3. The third kappa shape index (κ3) is 3.21. The molecule has 2 heterocycles. The first kappa shape index (κ1) is 16.0. The monoisotopic (exact) mass is 349 g/mol. The number of benzene rings is 2. The summed E-state index contributed by atoms with van der Waals surface area (Å²) in [4.78, 5) is 13.5. The summed E-state index contributed by atoms with van der Waals surface area (Å²) < 4.78 is 0. The minimum atomic E-state index is -0.0618. The Kier molecular flexibility index (Phi) is 4.34. The second-order valence-corrected chi connectivity index (χ2v) is 7.09. The Bertz CT molecular complexity index is 888. The highest BCUT2D eigenvalue weighted by molar-refractivity contribution is 8.06. The third-order valence-electron chi connectivity index (χ3n) is 4.44. The normalized spacial score (nSPS) is 21.6. The van der Waals surface area contributed by atoms with Crippen LogP contribution in [-0.4, -0.2) is 5.91 Å². The fourth-order valence-corrected chi connectivity index (χ4v) is 4.16. The molecule has 2 aliphatic rings. The number of para-hydroxylation sites is 1. The van der Waals surface area contributed by atoms with E-state index < -0.39 is 0 Å². The predicted molar refractivity (Wildman–Crippen MR) is 103 cm³/mol. The van der Waals surface area contributed by atoms with Gasteiger partial charge in [-0.3, -0.25) is 4.79 Å². The van der Waals surface area contributed by atoms with Crippen molar-refractivity contribution in [3.63, 3.8) is 0 Å². The number of thioether (sulfide) groups is 1. The number of carbonyl (C=O) groups is 1. The summed E-state index contributed by atoms with van der Waals surface area (Å²) in [6.07, 6.45) is 3.08. The van der Waals surface area contributed by atoms with Crippen molar-refractivity contribution in [2.75, 3.05) is 5.32 Å². The number of rotatable bonds is 3. The highest BCUT2D eigenvalue weighted by Gasteiger charge is 2.26. The molecule has 0 aliphatic carbocycles. The molecule has 0 aromatic heterocycles. The Hall–Kier alpha value is -2.50. The molecule has 0 saturated heterocycles. The molecule has 1 unspecified atom stereocenters. The molecular formula is C20H19N3OS. The van der Waals surface area contributed by atoms with Gasteiger partial charge >= 0.3 is 0 Å². The SMILES string of the molecule is NCc1cccc(CC2C=CSC2=C2NC(=O)c3ccccc3N2)c1. The molecule has 0 saturated carbocycles. The first-order chi connectivity index (χ1) is 12.2. The highest BCUT2D eigenvalue weighted by atomic mass is 32.2. The molecule has 0 spiro atoms. The van der Waals surface area contributed by atoms with Gasteiger partial charge in [0.05, 0.1) is 11.3 Å². The molecule has 2 aromatic carbocycles. The average Bonchev–Trinajstić information content (AvgIpc) is 3.10. The van der Waals surface area contributed by atoms with E-state index in [1.807, 2.05) is 36.4 Å². The van der Waals surface area contributed by atoms with Gasteiger partial charge in [-0.2, -0.15) is 0 Å². The summed E-state index contributed by atoms with van der Waals surface area (Å²) in [7, 11) is 0. The van der Waals surface area contributed by atoms with Gasteiger partial charge in [0, 0.05) is 17.4 Å². The van der Waals surface area contributed by atoms with Crippen LogP contribution in [0, 0.1) is 5.92 Å². The molecule has 4 rings (SSSR count). The van der Waals surface area contributed by atoms with Gasteiger partial charge in [-0.05, 0) is 35.1 Å². The quantitative estimate of drug-likeness (QED) is 0.792. The lowest BCUT2D eigenvalue weighted by Crippen LogP contribution is -2.34. The fraction of sp³-hybridized carbons (Fsp3) is 0.150. The van der Waals surface area contributed by atoms with E-state index in [-0.39, 0.29) is 11.8 Å². The summed E-state index contributed by atoms with van der Waals surface area (Å²) in [5.74, 6) is 0.970. The Morgan fingerprint density at radius 2 is 1.88 bits per heavy atom. The van der Waals surface area contributed by atoms with Crippen LogP contribution in [0.2, 0.25) is 0 Å². The number of hydrogen-bond acceptors (Lipinski definition) is 4. The Labute approximate surface area is 151 Å². The third-order valence-corrected chi connectivity index (χ3v) is 5.50. The van der Waals surface area contributed by atoms with Gasteiger partial charge in [-0.25, -0.2) is 0 Å². The van der Waals surface area contributed by atoms with Crippen molar-refractivity contribution < 1.29 is 4.79 Å². The van der Waals surface area contributed by atoms with E-state index in [4.69, 9.17) is 5.73 Å². The Balaban J connectivity index is 1.61. The van der Waals surface area contributed by atoms with E-state index in [0.29, 0.717) is 12.1 Å². The number of amides is 1. The van der Waals surface area contributed by atoms with E-state index in [1.165, 1.54) is 5.56 Å². The summed E-state index contributed by atoms with van der Waals surface area (Å²) in [6.45, 7) is 0.547. The molecule has 25 heavy (non-hydrogen) atoms. The molecule has 4 nitrogen and oxygen atoms in total. The Morgan fingerprint density at radius 1 is 1.04 bits per heavy atom. The van der Waals surface area contributed by atoms with Crippen molar-refractivity contribution >= 4 is 23.4 Å². The standard InChI is InChI=1S/C20H19N3OS/c21-12-14-5-3-4-13(10-14)11-15-8-9-25-18(15)19-22-17-7-2-1-6-16(17)20(24)23-19/h1-10,15,22H,11-12,21H2,(H,23,24). The molecular weight excluding hydrogens is 330 g/mol. The smallest absolute Gasteiger partial charge is 0.258 e. The van der Waals surface area contributed by atoms with Crippen LogP contribution in [0.4, 0.5) is 5.69 Å². The number of allylic oxidation sites excluding steroid dienone is 2. The highest BCUT2D eigenvalue weighted by Crippen LogP contribution is 2.39. The van der Waals surface area contributed by atoms with Crippen LogP contribution in [0.15, 0.2) is 70.7 Å². The van der Waals surface area contributed by atoms with E-state index in [0.717, 1.165) is 28.4 Å². The maximum atomic E-state index is 12.4. The number of nitrogens with one attached hydrogen (secondary N) is 2.